The molecule has 1 aliphatic carbocycles. The number of Topliss-reactive ketones (excluding diaryl/α,β-unsaturated/α-hetero) is 1. The number of anilines is 4. The molecule has 0 fully saturated rings. The minimum atomic E-state index is 0.0384. The summed E-state index contributed by atoms with van der Waals surface area (Å²) in [5, 5.41) is 7.47. The van der Waals surface area contributed by atoms with Gasteiger partial charge in [-0.15, -0.1) is 0 Å². The van der Waals surface area contributed by atoms with Crippen molar-refractivity contribution in [3.8, 4) is 0 Å². The predicted octanol–water partition coefficient (Wildman–Crippen LogP) is 6.34. The molecule has 1 aliphatic rings. The number of nitrogens with one attached hydrogen (secondary N) is 2. The Morgan fingerprint density at radius 1 is 0.966 bits per heavy atom. The fourth-order valence-corrected chi connectivity index (χ4v) is 4.06. The number of carbonyl (C=O) groups is 1. The van der Waals surface area contributed by atoms with Crippen LogP contribution in [0.4, 0.5) is 23.1 Å². The van der Waals surface area contributed by atoms with E-state index in [0.717, 1.165) is 23.4 Å². The lowest BCUT2D eigenvalue weighted by Crippen LogP contribution is -2.22. The van der Waals surface area contributed by atoms with Crippen molar-refractivity contribution in [3.63, 3.8) is 0 Å². The average Bonchev–Trinajstić information content (AvgIpc) is 2.60. The highest BCUT2D eigenvalue weighted by molar-refractivity contribution is 6.35. The lowest BCUT2D eigenvalue weighted by Gasteiger charge is -2.23. The van der Waals surface area contributed by atoms with Crippen molar-refractivity contribution in [1.29, 1.82) is 0 Å². The average molecular weight is 427 g/mol. The zero-order valence-electron chi connectivity index (χ0n) is 16.1. The molecular formula is C22H20Cl2N4O. The number of benzene rings is 2. The van der Waals surface area contributed by atoms with Crippen LogP contribution in [0.25, 0.3) is 0 Å². The van der Waals surface area contributed by atoms with Gasteiger partial charge in [-0.1, -0.05) is 42.3 Å². The van der Waals surface area contributed by atoms with E-state index in [2.05, 4.69) is 27.5 Å². The fourth-order valence-electron chi connectivity index (χ4n) is 3.53. The van der Waals surface area contributed by atoms with Crippen molar-refractivity contribution < 1.29 is 4.79 Å². The van der Waals surface area contributed by atoms with Crippen LogP contribution in [0.3, 0.4) is 0 Å². The number of halogens is 2. The van der Waals surface area contributed by atoms with E-state index in [0.29, 0.717) is 39.5 Å². The summed E-state index contributed by atoms with van der Waals surface area (Å²) in [6.45, 7) is 4.08. The molecule has 0 bridgehead atoms. The number of carbonyl (C=O) groups excluding carboxylic acids is 1. The fraction of sp³-hybridized carbons (Fsp3) is 0.227. The SMILES string of the molecule is Cc1cccc(Nc2nc3c(c(Nc4cc(Cl)cc(Cl)c4)n2)C(=O)CC(C)C3)c1. The molecule has 2 aromatic carbocycles. The van der Waals surface area contributed by atoms with E-state index >= 15 is 0 Å². The van der Waals surface area contributed by atoms with Gasteiger partial charge in [-0.2, -0.15) is 4.98 Å². The Hall–Kier alpha value is -2.63. The van der Waals surface area contributed by atoms with Gasteiger partial charge in [0.15, 0.2) is 5.78 Å². The third-order valence-electron chi connectivity index (χ3n) is 4.74. The van der Waals surface area contributed by atoms with Crippen LogP contribution in [-0.2, 0) is 6.42 Å². The molecule has 7 heteroatoms. The molecule has 4 rings (SSSR count). The summed E-state index contributed by atoms with van der Waals surface area (Å²) >= 11 is 12.2. The first-order valence-corrected chi connectivity index (χ1v) is 10.1. The number of aryl methyl sites for hydroxylation is 1. The molecule has 1 unspecified atom stereocenters. The van der Waals surface area contributed by atoms with E-state index in [1.54, 1.807) is 18.2 Å². The Labute approximate surface area is 179 Å². The molecule has 0 radical (unpaired) electrons. The summed E-state index contributed by atoms with van der Waals surface area (Å²) in [5.74, 6) is 1.17. The van der Waals surface area contributed by atoms with E-state index in [1.807, 2.05) is 31.2 Å². The number of hydrogen-bond donors (Lipinski definition) is 2. The molecule has 5 nitrogen and oxygen atoms in total. The van der Waals surface area contributed by atoms with Crippen molar-refractivity contribution in [1.82, 2.24) is 9.97 Å². The minimum Gasteiger partial charge on any atom is -0.339 e. The van der Waals surface area contributed by atoms with Gasteiger partial charge in [0.2, 0.25) is 5.95 Å². The van der Waals surface area contributed by atoms with Crippen LogP contribution in [0.2, 0.25) is 10.0 Å². The molecular weight excluding hydrogens is 407 g/mol. The highest BCUT2D eigenvalue weighted by Gasteiger charge is 2.28. The van der Waals surface area contributed by atoms with Crippen molar-refractivity contribution in [2.75, 3.05) is 10.6 Å². The number of rotatable bonds is 4. The second kappa shape index (κ2) is 8.01. The Morgan fingerprint density at radius 2 is 1.72 bits per heavy atom. The Bertz CT molecular complexity index is 1080. The lowest BCUT2D eigenvalue weighted by atomic mass is 9.87. The van der Waals surface area contributed by atoms with Crippen LogP contribution < -0.4 is 10.6 Å². The van der Waals surface area contributed by atoms with Gasteiger partial charge in [0, 0.05) is 27.8 Å². The molecule has 0 spiro atoms. The van der Waals surface area contributed by atoms with Crippen LogP contribution in [0.5, 0.6) is 0 Å². The molecule has 148 valence electrons. The molecule has 3 aromatic rings. The number of ketones is 1. The molecule has 0 aliphatic heterocycles. The van der Waals surface area contributed by atoms with E-state index in [9.17, 15) is 4.79 Å². The summed E-state index contributed by atoms with van der Waals surface area (Å²) in [6, 6.07) is 13.1. The molecule has 29 heavy (non-hydrogen) atoms. The van der Waals surface area contributed by atoms with Gasteiger partial charge in [-0.3, -0.25) is 4.79 Å². The van der Waals surface area contributed by atoms with Gasteiger partial charge in [0.1, 0.15) is 5.82 Å². The monoisotopic (exact) mass is 426 g/mol. The zero-order valence-corrected chi connectivity index (χ0v) is 17.6. The highest BCUT2D eigenvalue weighted by Crippen LogP contribution is 2.33. The van der Waals surface area contributed by atoms with Gasteiger partial charge >= 0.3 is 0 Å². The molecule has 0 amide bonds. The van der Waals surface area contributed by atoms with Crippen molar-refractivity contribution in [3.05, 3.63) is 69.3 Å². The van der Waals surface area contributed by atoms with Crippen LogP contribution in [0, 0.1) is 12.8 Å². The second-order valence-electron chi connectivity index (χ2n) is 7.43. The second-order valence-corrected chi connectivity index (χ2v) is 8.30. The first-order valence-electron chi connectivity index (χ1n) is 9.38. The van der Waals surface area contributed by atoms with E-state index in [4.69, 9.17) is 23.2 Å². The summed E-state index contributed by atoms with van der Waals surface area (Å²) in [4.78, 5) is 22.0. The summed E-state index contributed by atoms with van der Waals surface area (Å²) in [6.07, 6.45) is 1.20. The van der Waals surface area contributed by atoms with Gasteiger partial charge in [-0.25, -0.2) is 4.98 Å². The Morgan fingerprint density at radius 3 is 2.45 bits per heavy atom. The van der Waals surface area contributed by atoms with E-state index < -0.39 is 0 Å². The van der Waals surface area contributed by atoms with Crippen molar-refractivity contribution in [2.45, 2.75) is 26.7 Å². The van der Waals surface area contributed by atoms with E-state index in [1.165, 1.54) is 0 Å². The first kappa shape index (κ1) is 19.7. The Balaban J connectivity index is 1.77. The van der Waals surface area contributed by atoms with Gasteiger partial charge in [0.05, 0.1) is 11.3 Å². The number of nitrogens with zero attached hydrogens (tertiary/aromatic N) is 2. The third kappa shape index (κ3) is 4.52. The molecule has 1 aromatic heterocycles. The maximum Gasteiger partial charge on any atom is 0.229 e. The largest absolute Gasteiger partial charge is 0.339 e. The van der Waals surface area contributed by atoms with E-state index in [-0.39, 0.29) is 11.7 Å². The van der Waals surface area contributed by atoms with Gasteiger partial charge in [-0.05, 0) is 55.2 Å². The molecule has 2 N–H and O–H groups in total. The standard InChI is InChI=1S/C22H20Cl2N4O/c1-12-4-3-5-16(6-12)26-22-27-18-7-13(2)8-19(29)20(18)21(28-22)25-17-10-14(23)9-15(24)11-17/h3-6,9-11,13H,7-8H2,1-2H3,(H2,25,26,27,28). The summed E-state index contributed by atoms with van der Waals surface area (Å²) < 4.78 is 0. The van der Waals surface area contributed by atoms with Crippen LogP contribution in [0.15, 0.2) is 42.5 Å². The molecule has 0 saturated carbocycles. The maximum absolute atomic E-state index is 12.8. The molecule has 1 heterocycles. The molecule has 1 atom stereocenters. The first-order chi connectivity index (χ1) is 13.9. The lowest BCUT2D eigenvalue weighted by molar-refractivity contribution is 0.0953. The van der Waals surface area contributed by atoms with Crippen LogP contribution in [-0.4, -0.2) is 15.8 Å². The quantitative estimate of drug-likeness (QED) is 0.508. The minimum absolute atomic E-state index is 0.0384. The van der Waals surface area contributed by atoms with Crippen molar-refractivity contribution >= 4 is 52.1 Å². The smallest absolute Gasteiger partial charge is 0.229 e. The summed E-state index contributed by atoms with van der Waals surface area (Å²) in [5.41, 5.74) is 3.96. The van der Waals surface area contributed by atoms with Gasteiger partial charge in [0.25, 0.3) is 0 Å². The topological polar surface area (TPSA) is 66.9 Å². The van der Waals surface area contributed by atoms with Crippen LogP contribution >= 0.6 is 23.2 Å². The normalized spacial score (nSPS) is 15.7. The zero-order chi connectivity index (χ0) is 20.5. The molecule has 0 saturated heterocycles. The third-order valence-corrected chi connectivity index (χ3v) is 5.17. The number of hydrogen-bond acceptors (Lipinski definition) is 5. The predicted molar refractivity (Wildman–Crippen MR) is 118 cm³/mol. The highest BCUT2D eigenvalue weighted by atomic mass is 35.5. The van der Waals surface area contributed by atoms with Gasteiger partial charge < -0.3 is 10.6 Å². The Kier molecular flexibility index (Phi) is 5.43. The van der Waals surface area contributed by atoms with Crippen LogP contribution in [0.1, 0.15) is 35.0 Å². The maximum atomic E-state index is 12.8. The summed E-state index contributed by atoms with van der Waals surface area (Å²) in [7, 11) is 0. The van der Waals surface area contributed by atoms with Crippen molar-refractivity contribution in [2.24, 2.45) is 5.92 Å². The number of aromatic nitrogens is 2. The number of fused-ring (bicyclic) bond motifs is 1.